The van der Waals surface area contributed by atoms with Crippen LogP contribution < -0.4 is 10.5 Å². The minimum absolute atomic E-state index is 0.118. The summed E-state index contributed by atoms with van der Waals surface area (Å²) in [5.74, 6) is 0.116. The Labute approximate surface area is 198 Å². The van der Waals surface area contributed by atoms with Gasteiger partial charge in [-0.2, -0.15) is 0 Å². The van der Waals surface area contributed by atoms with Crippen LogP contribution in [0.15, 0.2) is 47.4 Å². The van der Waals surface area contributed by atoms with E-state index in [-0.39, 0.29) is 22.4 Å². The SMILES string of the molecule is CN(c1ccc(-c2cc(F)c(-c3cc[nH]c(=O)c3)cc2O)nn1)[C@H]1C[C@]2(C)CCC[C@](C)(C1)C2. The molecule has 2 heterocycles. The van der Waals surface area contributed by atoms with E-state index in [1.165, 1.54) is 50.1 Å². The largest absolute Gasteiger partial charge is 0.507 e. The molecule has 2 aliphatic rings. The van der Waals surface area contributed by atoms with E-state index in [2.05, 4.69) is 41.0 Å². The van der Waals surface area contributed by atoms with Crippen LogP contribution >= 0.6 is 0 Å². The van der Waals surface area contributed by atoms with Crippen LogP contribution in [0, 0.1) is 16.6 Å². The molecule has 1 aromatic carbocycles. The Morgan fingerprint density at radius 2 is 1.79 bits per heavy atom. The first-order valence-electron chi connectivity index (χ1n) is 11.9. The summed E-state index contributed by atoms with van der Waals surface area (Å²) >= 11 is 0. The number of benzene rings is 1. The number of pyridine rings is 1. The summed E-state index contributed by atoms with van der Waals surface area (Å²) in [4.78, 5) is 16.3. The number of fused-ring (bicyclic) bond motifs is 2. The summed E-state index contributed by atoms with van der Waals surface area (Å²) in [6, 6.07) is 9.51. The van der Waals surface area contributed by atoms with Gasteiger partial charge in [0.1, 0.15) is 11.6 Å². The average molecular weight is 463 g/mol. The van der Waals surface area contributed by atoms with Gasteiger partial charge in [0.05, 0.1) is 5.69 Å². The Kier molecular flexibility index (Phi) is 5.46. The van der Waals surface area contributed by atoms with Crippen molar-refractivity contribution >= 4 is 5.82 Å². The zero-order chi connectivity index (χ0) is 24.1. The molecule has 2 aromatic heterocycles. The molecule has 0 radical (unpaired) electrons. The maximum Gasteiger partial charge on any atom is 0.248 e. The minimum Gasteiger partial charge on any atom is -0.507 e. The van der Waals surface area contributed by atoms with Crippen molar-refractivity contribution in [1.82, 2.24) is 15.2 Å². The molecular formula is C27H31FN4O2. The molecule has 2 N–H and O–H groups in total. The third kappa shape index (κ3) is 4.19. The minimum atomic E-state index is -0.545. The smallest absolute Gasteiger partial charge is 0.248 e. The standard InChI is InChI=1S/C27H31FN4O2/c1-26-8-4-9-27(2,16-26)15-18(14-26)32(3)24-6-5-22(30-31-24)20-12-21(28)19(13-23(20)33)17-7-10-29-25(34)11-17/h5-7,10-13,18,33H,4,8-9,14-16H2,1-3H3,(H,29,34)/t18-,26-,27+. The van der Waals surface area contributed by atoms with Crippen LogP contribution in [-0.2, 0) is 0 Å². The summed E-state index contributed by atoms with van der Waals surface area (Å²) in [5, 5.41) is 19.3. The van der Waals surface area contributed by atoms with E-state index in [1.807, 2.05) is 6.07 Å². The summed E-state index contributed by atoms with van der Waals surface area (Å²) < 4.78 is 14.9. The highest BCUT2D eigenvalue weighted by Crippen LogP contribution is 2.56. The van der Waals surface area contributed by atoms with Crippen molar-refractivity contribution in [2.24, 2.45) is 10.8 Å². The van der Waals surface area contributed by atoms with E-state index in [0.29, 0.717) is 28.1 Å². The van der Waals surface area contributed by atoms with Gasteiger partial charge in [-0.25, -0.2) is 4.39 Å². The van der Waals surface area contributed by atoms with Crippen LogP contribution in [0.25, 0.3) is 22.4 Å². The fourth-order valence-electron chi connectivity index (χ4n) is 6.43. The number of hydrogen-bond donors (Lipinski definition) is 2. The van der Waals surface area contributed by atoms with Crippen LogP contribution in [0.3, 0.4) is 0 Å². The van der Waals surface area contributed by atoms with Gasteiger partial charge in [0.2, 0.25) is 5.56 Å². The number of anilines is 1. The van der Waals surface area contributed by atoms with Crippen molar-refractivity contribution in [3.63, 3.8) is 0 Å². The number of H-pyrrole nitrogens is 1. The predicted molar refractivity (Wildman–Crippen MR) is 131 cm³/mol. The Balaban J connectivity index is 1.39. The first-order valence-corrected chi connectivity index (χ1v) is 11.9. The number of rotatable bonds is 4. The van der Waals surface area contributed by atoms with Gasteiger partial charge in [-0.05, 0) is 78.8 Å². The molecule has 2 bridgehead atoms. The molecule has 34 heavy (non-hydrogen) atoms. The van der Waals surface area contributed by atoms with Gasteiger partial charge in [0.25, 0.3) is 0 Å². The van der Waals surface area contributed by atoms with E-state index >= 15 is 0 Å². The number of aromatic hydroxyl groups is 1. The lowest BCUT2D eigenvalue weighted by Gasteiger charge is -2.54. The van der Waals surface area contributed by atoms with E-state index in [1.54, 1.807) is 12.1 Å². The van der Waals surface area contributed by atoms with Gasteiger partial charge in [0.15, 0.2) is 5.82 Å². The Morgan fingerprint density at radius 1 is 1.06 bits per heavy atom. The number of phenols is 1. The lowest BCUT2D eigenvalue weighted by molar-refractivity contribution is 0.0141. The molecule has 5 rings (SSSR count). The van der Waals surface area contributed by atoms with Crippen molar-refractivity contribution in [2.75, 3.05) is 11.9 Å². The Bertz CT molecular complexity index is 1260. The van der Waals surface area contributed by atoms with Crippen LogP contribution in [-0.4, -0.2) is 33.4 Å². The maximum atomic E-state index is 14.9. The zero-order valence-corrected chi connectivity index (χ0v) is 19.9. The normalized spacial score (nSPS) is 26.3. The molecule has 2 fully saturated rings. The summed E-state index contributed by atoms with van der Waals surface area (Å²) in [7, 11) is 2.08. The summed E-state index contributed by atoms with van der Waals surface area (Å²) in [6.45, 7) is 4.84. The molecule has 0 saturated heterocycles. The van der Waals surface area contributed by atoms with Crippen molar-refractivity contribution in [1.29, 1.82) is 0 Å². The lowest BCUT2D eigenvalue weighted by atomic mass is 9.55. The van der Waals surface area contributed by atoms with Crippen LogP contribution in [0.2, 0.25) is 0 Å². The molecule has 0 spiro atoms. The Hall–Kier alpha value is -3.22. The van der Waals surface area contributed by atoms with E-state index < -0.39 is 5.82 Å². The van der Waals surface area contributed by atoms with Crippen molar-refractivity contribution in [2.45, 2.75) is 58.4 Å². The monoisotopic (exact) mass is 462 g/mol. The molecule has 0 aliphatic heterocycles. The zero-order valence-electron chi connectivity index (χ0n) is 19.9. The third-order valence-corrected chi connectivity index (χ3v) is 7.88. The van der Waals surface area contributed by atoms with Gasteiger partial charge < -0.3 is 15.0 Å². The van der Waals surface area contributed by atoms with E-state index in [9.17, 15) is 14.3 Å². The highest BCUT2D eigenvalue weighted by Gasteiger charge is 2.47. The van der Waals surface area contributed by atoms with E-state index in [4.69, 9.17) is 0 Å². The number of nitrogens with zero attached hydrogens (tertiary/aromatic N) is 3. The molecule has 0 unspecified atom stereocenters. The maximum absolute atomic E-state index is 14.9. The van der Waals surface area contributed by atoms with Crippen LogP contribution in [0.1, 0.15) is 52.4 Å². The fraction of sp³-hybridized carbons (Fsp3) is 0.444. The topological polar surface area (TPSA) is 82.1 Å². The highest BCUT2D eigenvalue weighted by atomic mass is 19.1. The molecule has 7 heteroatoms. The van der Waals surface area contributed by atoms with Crippen molar-refractivity contribution < 1.29 is 9.50 Å². The molecule has 3 aromatic rings. The van der Waals surface area contributed by atoms with Crippen LogP contribution in [0.4, 0.5) is 10.2 Å². The van der Waals surface area contributed by atoms with E-state index in [0.717, 1.165) is 18.7 Å². The molecule has 2 aliphatic carbocycles. The third-order valence-electron chi connectivity index (χ3n) is 7.88. The lowest BCUT2D eigenvalue weighted by Crippen LogP contribution is -2.49. The number of hydrogen-bond acceptors (Lipinski definition) is 5. The molecule has 0 amide bonds. The fourth-order valence-corrected chi connectivity index (χ4v) is 6.43. The van der Waals surface area contributed by atoms with Gasteiger partial charge >= 0.3 is 0 Å². The second-order valence-corrected chi connectivity index (χ2v) is 10.9. The number of halogens is 1. The quantitative estimate of drug-likeness (QED) is 0.533. The number of aromatic nitrogens is 3. The van der Waals surface area contributed by atoms with Gasteiger partial charge in [-0.1, -0.05) is 20.3 Å². The molecule has 6 nitrogen and oxygen atoms in total. The number of nitrogens with one attached hydrogen (secondary N) is 1. The molecule has 178 valence electrons. The van der Waals surface area contributed by atoms with Crippen molar-refractivity contribution in [3.8, 4) is 28.1 Å². The summed E-state index contributed by atoms with van der Waals surface area (Å²) in [5.41, 5.74) is 1.63. The first-order chi connectivity index (χ1) is 16.1. The number of aromatic amines is 1. The summed E-state index contributed by atoms with van der Waals surface area (Å²) in [6.07, 6.45) is 8.94. The number of phenolic OH excluding ortho intramolecular Hbond substituents is 1. The predicted octanol–water partition coefficient (Wildman–Crippen LogP) is 5.53. The second kappa shape index (κ2) is 8.22. The van der Waals surface area contributed by atoms with Gasteiger partial charge in [-0.3, -0.25) is 4.79 Å². The molecule has 3 atom stereocenters. The van der Waals surface area contributed by atoms with Gasteiger partial charge in [0, 0.05) is 36.5 Å². The average Bonchev–Trinajstić information content (AvgIpc) is 2.78. The molecule has 2 saturated carbocycles. The van der Waals surface area contributed by atoms with Crippen molar-refractivity contribution in [3.05, 3.63) is 58.8 Å². The highest BCUT2D eigenvalue weighted by molar-refractivity contribution is 5.74. The first kappa shape index (κ1) is 22.6. The van der Waals surface area contributed by atoms with Gasteiger partial charge in [-0.15, -0.1) is 10.2 Å². The Morgan fingerprint density at radius 3 is 2.44 bits per heavy atom. The molecular weight excluding hydrogens is 431 g/mol. The second-order valence-electron chi connectivity index (χ2n) is 10.9. The van der Waals surface area contributed by atoms with Crippen LogP contribution in [0.5, 0.6) is 5.75 Å².